The zero-order chi connectivity index (χ0) is 22.1. The van der Waals surface area contributed by atoms with Crippen molar-refractivity contribution in [3.8, 4) is 5.75 Å². The third kappa shape index (κ3) is 5.56. The molecular formula is C26H38N2O2. The maximum Gasteiger partial charge on any atom is 0.193 e. The van der Waals surface area contributed by atoms with Gasteiger partial charge in [0.05, 0.1) is 12.3 Å². The smallest absolute Gasteiger partial charge is 0.193 e. The van der Waals surface area contributed by atoms with E-state index in [2.05, 4.69) is 57.4 Å². The summed E-state index contributed by atoms with van der Waals surface area (Å²) in [5.74, 6) is 0.838. The first kappa shape index (κ1) is 23.8. The molecule has 0 N–H and O–H groups in total. The van der Waals surface area contributed by atoms with Gasteiger partial charge in [0.15, 0.2) is 5.78 Å². The third-order valence-corrected chi connectivity index (χ3v) is 5.64. The molecule has 164 valence electrons. The number of hydrogen-bond acceptors (Lipinski definition) is 4. The Bertz CT molecular complexity index is 824. The lowest BCUT2D eigenvalue weighted by molar-refractivity contribution is 0.103. The largest absolute Gasteiger partial charge is 0.491 e. The van der Waals surface area contributed by atoms with Crippen LogP contribution in [-0.2, 0) is 0 Å². The average molecular weight is 411 g/mol. The van der Waals surface area contributed by atoms with Gasteiger partial charge in [-0.1, -0.05) is 13.3 Å². The summed E-state index contributed by atoms with van der Waals surface area (Å²) in [4.78, 5) is 17.8. The number of nitrogens with zero attached hydrogens (tertiary/aromatic N) is 2. The predicted molar refractivity (Wildman–Crippen MR) is 129 cm³/mol. The molecule has 0 aromatic heterocycles. The van der Waals surface area contributed by atoms with Gasteiger partial charge < -0.3 is 14.5 Å². The van der Waals surface area contributed by atoms with Gasteiger partial charge in [-0.3, -0.25) is 4.79 Å². The minimum atomic E-state index is 0.0376. The molecule has 0 aliphatic rings. The lowest BCUT2D eigenvalue weighted by Crippen LogP contribution is -2.23. The van der Waals surface area contributed by atoms with Crippen LogP contribution in [0.25, 0.3) is 0 Å². The molecule has 0 fully saturated rings. The van der Waals surface area contributed by atoms with Crippen molar-refractivity contribution >= 4 is 17.2 Å². The molecule has 0 radical (unpaired) electrons. The second kappa shape index (κ2) is 11.6. The van der Waals surface area contributed by atoms with Crippen molar-refractivity contribution in [2.45, 2.75) is 54.4 Å². The third-order valence-electron chi connectivity index (χ3n) is 5.64. The number of ether oxygens (including phenoxy) is 1. The van der Waals surface area contributed by atoms with Crippen LogP contribution in [0.4, 0.5) is 11.4 Å². The van der Waals surface area contributed by atoms with E-state index in [1.165, 1.54) is 5.69 Å². The Kier molecular flexibility index (Phi) is 9.22. The Morgan fingerprint density at radius 1 is 0.800 bits per heavy atom. The number of ketones is 1. The second-order valence-electron chi connectivity index (χ2n) is 7.56. The zero-order valence-corrected chi connectivity index (χ0v) is 19.6. The first-order valence-corrected chi connectivity index (χ1v) is 11.4. The van der Waals surface area contributed by atoms with Crippen molar-refractivity contribution < 1.29 is 9.53 Å². The number of carbonyl (C=O) groups excluding carboxylic acids is 1. The van der Waals surface area contributed by atoms with Gasteiger partial charge in [0.2, 0.25) is 0 Å². The zero-order valence-electron chi connectivity index (χ0n) is 19.6. The van der Waals surface area contributed by atoms with Gasteiger partial charge in [-0.25, -0.2) is 0 Å². The molecule has 2 rings (SSSR count). The average Bonchev–Trinajstić information content (AvgIpc) is 2.76. The highest BCUT2D eigenvalue weighted by Crippen LogP contribution is 2.31. The van der Waals surface area contributed by atoms with E-state index in [0.29, 0.717) is 12.2 Å². The molecule has 0 saturated carbocycles. The lowest BCUT2D eigenvalue weighted by atomic mass is 9.99. The quantitative estimate of drug-likeness (QED) is 0.313. The summed E-state index contributed by atoms with van der Waals surface area (Å²) >= 11 is 0. The number of anilines is 2. The molecule has 2 aromatic rings. The van der Waals surface area contributed by atoms with Crippen LogP contribution >= 0.6 is 0 Å². The summed E-state index contributed by atoms with van der Waals surface area (Å²) in [5.41, 5.74) is 4.77. The van der Waals surface area contributed by atoms with Crippen molar-refractivity contribution in [1.82, 2.24) is 0 Å². The molecule has 0 aliphatic heterocycles. The summed E-state index contributed by atoms with van der Waals surface area (Å²) in [7, 11) is 0. The monoisotopic (exact) mass is 410 g/mol. The molecule has 0 unspecified atom stereocenters. The molecule has 0 aliphatic carbocycles. The topological polar surface area (TPSA) is 32.8 Å². The van der Waals surface area contributed by atoms with Gasteiger partial charge in [-0.15, -0.1) is 0 Å². The Balaban J connectivity index is 2.36. The van der Waals surface area contributed by atoms with Crippen LogP contribution in [0.1, 0.15) is 68.9 Å². The fourth-order valence-electron chi connectivity index (χ4n) is 3.81. The molecule has 0 heterocycles. The SMILES string of the molecule is CCCCOc1cc(C(=O)c2ccc(N(CC)CC)c(C)c2)ccc1N(CC)CC. The molecule has 0 saturated heterocycles. The minimum absolute atomic E-state index is 0.0376. The summed E-state index contributed by atoms with van der Waals surface area (Å²) in [6, 6.07) is 11.9. The van der Waals surface area contributed by atoms with Crippen molar-refractivity contribution in [2.75, 3.05) is 42.6 Å². The number of hydrogen-bond donors (Lipinski definition) is 0. The molecule has 30 heavy (non-hydrogen) atoms. The number of benzene rings is 2. The van der Waals surface area contributed by atoms with Crippen LogP contribution in [0.5, 0.6) is 5.75 Å². The fourth-order valence-corrected chi connectivity index (χ4v) is 3.81. The second-order valence-corrected chi connectivity index (χ2v) is 7.56. The van der Waals surface area contributed by atoms with E-state index < -0.39 is 0 Å². The summed E-state index contributed by atoms with van der Waals surface area (Å²) in [6.07, 6.45) is 2.08. The normalized spacial score (nSPS) is 10.7. The standard InChI is InChI=1S/C26H38N2O2/c1-7-12-17-30-25-19-22(14-16-24(25)28(10-4)11-5)26(29)21-13-15-23(20(6)18-21)27(8-2)9-3/h13-16,18-19H,7-12,17H2,1-6H3. The van der Waals surface area contributed by atoms with Crippen LogP contribution in [0.15, 0.2) is 36.4 Å². The van der Waals surface area contributed by atoms with Gasteiger partial charge in [-0.05, 0) is 83.0 Å². The predicted octanol–water partition coefficient (Wildman–Crippen LogP) is 6.10. The van der Waals surface area contributed by atoms with Gasteiger partial charge >= 0.3 is 0 Å². The Labute approximate surface area is 182 Å². The maximum absolute atomic E-state index is 13.2. The highest BCUT2D eigenvalue weighted by molar-refractivity contribution is 6.09. The van der Waals surface area contributed by atoms with E-state index in [1.54, 1.807) is 0 Å². The van der Waals surface area contributed by atoms with Gasteiger partial charge in [0.1, 0.15) is 5.75 Å². The molecule has 0 bridgehead atoms. The number of rotatable bonds is 12. The Morgan fingerprint density at radius 2 is 1.33 bits per heavy atom. The summed E-state index contributed by atoms with van der Waals surface area (Å²) in [5, 5.41) is 0. The Morgan fingerprint density at radius 3 is 1.87 bits per heavy atom. The molecule has 2 aromatic carbocycles. The van der Waals surface area contributed by atoms with E-state index in [9.17, 15) is 4.79 Å². The van der Waals surface area contributed by atoms with E-state index in [4.69, 9.17) is 4.74 Å². The molecular weight excluding hydrogens is 372 g/mol. The van der Waals surface area contributed by atoms with Gasteiger partial charge in [0, 0.05) is 43.0 Å². The Hall–Kier alpha value is -2.49. The molecule has 4 heteroatoms. The van der Waals surface area contributed by atoms with E-state index in [1.807, 2.05) is 30.3 Å². The maximum atomic E-state index is 13.2. The first-order valence-electron chi connectivity index (χ1n) is 11.4. The number of unbranched alkanes of at least 4 members (excludes halogenated alkanes) is 1. The number of carbonyl (C=O) groups is 1. The molecule has 0 spiro atoms. The van der Waals surface area contributed by atoms with Crippen LogP contribution in [0.3, 0.4) is 0 Å². The van der Waals surface area contributed by atoms with Crippen LogP contribution < -0.4 is 14.5 Å². The van der Waals surface area contributed by atoms with Gasteiger partial charge in [-0.2, -0.15) is 0 Å². The van der Waals surface area contributed by atoms with E-state index in [-0.39, 0.29) is 5.78 Å². The first-order chi connectivity index (χ1) is 14.5. The van der Waals surface area contributed by atoms with Crippen molar-refractivity contribution in [1.29, 1.82) is 0 Å². The van der Waals surface area contributed by atoms with Crippen molar-refractivity contribution in [3.63, 3.8) is 0 Å². The molecule has 0 amide bonds. The van der Waals surface area contributed by atoms with Gasteiger partial charge in [0.25, 0.3) is 0 Å². The van der Waals surface area contributed by atoms with Crippen LogP contribution in [-0.4, -0.2) is 38.6 Å². The van der Waals surface area contributed by atoms with Crippen LogP contribution in [0.2, 0.25) is 0 Å². The highest BCUT2D eigenvalue weighted by Gasteiger charge is 2.17. The number of aryl methyl sites for hydroxylation is 1. The van der Waals surface area contributed by atoms with Crippen LogP contribution in [0, 0.1) is 6.92 Å². The highest BCUT2D eigenvalue weighted by atomic mass is 16.5. The molecule has 0 atom stereocenters. The van der Waals surface area contributed by atoms with Crippen molar-refractivity contribution in [3.05, 3.63) is 53.1 Å². The van der Waals surface area contributed by atoms with E-state index in [0.717, 1.165) is 61.6 Å². The minimum Gasteiger partial charge on any atom is -0.491 e. The summed E-state index contributed by atoms with van der Waals surface area (Å²) < 4.78 is 6.09. The van der Waals surface area contributed by atoms with E-state index >= 15 is 0 Å². The van der Waals surface area contributed by atoms with Crippen molar-refractivity contribution in [2.24, 2.45) is 0 Å². The summed E-state index contributed by atoms with van der Waals surface area (Å²) in [6.45, 7) is 17.2. The lowest BCUT2D eigenvalue weighted by Gasteiger charge is -2.25. The fraction of sp³-hybridized carbons (Fsp3) is 0.500. The molecule has 4 nitrogen and oxygen atoms in total.